The van der Waals surface area contributed by atoms with E-state index in [2.05, 4.69) is 69.7 Å². The van der Waals surface area contributed by atoms with Crippen LogP contribution >= 0.6 is 0 Å². The van der Waals surface area contributed by atoms with E-state index in [1.165, 1.54) is 43.0 Å². The third-order valence-electron chi connectivity index (χ3n) is 9.43. The maximum Gasteiger partial charge on any atom is 0.158 e. The van der Waals surface area contributed by atoms with Crippen molar-refractivity contribution in [2.75, 3.05) is 0 Å². The molecule has 1 heterocycles. The van der Waals surface area contributed by atoms with Crippen molar-refractivity contribution in [2.24, 2.45) is 36.1 Å². The molecule has 3 aliphatic rings. The molecule has 160 valence electrons. The quantitative estimate of drug-likeness (QED) is 0.563. The molecular weight excluding hydrogens is 366 g/mol. The predicted octanol–water partition coefficient (Wildman–Crippen LogP) is 6.61. The summed E-state index contributed by atoms with van der Waals surface area (Å²) in [6.45, 7) is 9.59. The summed E-state index contributed by atoms with van der Waals surface area (Å²) in [5.74, 6) is 2.45. The van der Waals surface area contributed by atoms with Crippen molar-refractivity contribution in [3.05, 3.63) is 47.7 Å². The lowest BCUT2D eigenvalue weighted by Gasteiger charge is -2.58. The first-order valence-electron chi connectivity index (χ1n) is 12.1. The number of para-hydroxylation sites is 1. The van der Waals surface area contributed by atoms with Gasteiger partial charge in [0.25, 0.3) is 0 Å². The number of hydrogen-bond acceptors (Lipinski definition) is 1. The van der Waals surface area contributed by atoms with E-state index in [0.717, 1.165) is 6.42 Å². The van der Waals surface area contributed by atoms with Crippen LogP contribution in [0.4, 0.5) is 0 Å². The predicted molar refractivity (Wildman–Crippen MR) is 125 cm³/mol. The molecule has 1 aromatic carbocycles. The summed E-state index contributed by atoms with van der Waals surface area (Å²) in [5.41, 5.74) is 4.61. The molecule has 30 heavy (non-hydrogen) atoms. The van der Waals surface area contributed by atoms with Crippen molar-refractivity contribution in [3.63, 3.8) is 0 Å². The fourth-order valence-corrected chi connectivity index (χ4v) is 7.72. The van der Waals surface area contributed by atoms with Gasteiger partial charge in [0.05, 0.1) is 0 Å². The summed E-state index contributed by atoms with van der Waals surface area (Å²) < 4.78 is 2.48. The highest BCUT2D eigenvalue weighted by Gasteiger charge is 2.63. The Hall–Kier alpha value is -1.83. The summed E-state index contributed by atoms with van der Waals surface area (Å²) in [6.07, 6.45) is 11.4. The average molecular weight is 404 g/mol. The van der Waals surface area contributed by atoms with Gasteiger partial charge in [-0.2, -0.15) is 0 Å². The summed E-state index contributed by atoms with van der Waals surface area (Å²) >= 11 is 0. The number of fused-ring (bicyclic) bond motifs is 7. The third kappa shape index (κ3) is 2.52. The van der Waals surface area contributed by atoms with Gasteiger partial charge in [-0.05, 0) is 61.1 Å². The number of hydrogen-bond donors (Lipinski definition) is 0. The van der Waals surface area contributed by atoms with Gasteiger partial charge in [0.2, 0.25) is 0 Å². The highest BCUT2D eigenvalue weighted by Crippen LogP contribution is 2.66. The monoisotopic (exact) mass is 403 g/mol. The van der Waals surface area contributed by atoms with Crippen LogP contribution in [0.15, 0.2) is 36.4 Å². The Morgan fingerprint density at radius 3 is 2.70 bits per heavy atom. The first-order valence-corrected chi connectivity index (χ1v) is 12.1. The first kappa shape index (κ1) is 20.1. The van der Waals surface area contributed by atoms with Crippen molar-refractivity contribution in [3.8, 4) is 0 Å². The van der Waals surface area contributed by atoms with E-state index in [0.29, 0.717) is 23.5 Å². The highest BCUT2D eigenvalue weighted by atomic mass is 16.1. The molecular formula is C28H37NO. The van der Waals surface area contributed by atoms with Crippen LogP contribution in [0.2, 0.25) is 0 Å². The van der Waals surface area contributed by atoms with Gasteiger partial charge in [0.1, 0.15) is 0 Å². The maximum atomic E-state index is 13.0. The molecule has 0 N–H and O–H groups in total. The molecule has 5 rings (SSSR count). The number of rotatable bonds is 4. The molecule has 0 bridgehead atoms. The van der Waals surface area contributed by atoms with Crippen LogP contribution in [0.25, 0.3) is 10.9 Å². The zero-order valence-corrected chi connectivity index (χ0v) is 19.4. The van der Waals surface area contributed by atoms with E-state index < -0.39 is 0 Å². The van der Waals surface area contributed by atoms with Gasteiger partial charge in [-0.15, -0.1) is 0 Å². The van der Waals surface area contributed by atoms with Crippen molar-refractivity contribution >= 4 is 16.7 Å². The van der Waals surface area contributed by atoms with Crippen LogP contribution in [0.5, 0.6) is 0 Å². The summed E-state index contributed by atoms with van der Waals surface area (Å²) in [5, 5.41) is 1.44. The molecule has 2 aromatic rings. The van der Waals surface area contributed by atoms with Gasteiger partial charge in [-0.25, -0.2) is 0 Å². The van der Waals surface area contributed by atoms with Gasteiger partial charge in [-0.1, -0.05) is 64.8 Å². The van der Waals surface area contributed by atoms with Gasteiger partial charge in [0, 0.05) is 40.4 Å². The summed E-state index contributed by atoms with van der Waals surface area (Å²) in [4.78, 5) is 13.0. The molecule has 5 atom stereocenters. The number of nitrogens with zero attached hydrogens (tertiary/aromatic N) is 1. The maximum absolute atomic E-state index is 13.0. The largest absolute Gasteiger partial charge is 0.347 e. The Morgan fingerprint density at radius 1 is 1.17 bits per heavy atom. The number of allylic oxidation sites excluding steroid dienone is 2. The number of aryl methyl sites for hydroxylation is 1. The number of carbonyl (C=O) groups is 1. The number of aromatic nitrogens is 1. The second-order valence-electron chi connectivity index (χ2n) is 11.1. The molecule has 0 spiro atoms. The minimum Gasteiger partial charge on any atom is -0.347 e. The summed E-state index contributed by atoms with van der Waals surface area (Å²) in [6, 6.07) is 8.92. The smallest absolute Gasteiger partial charge is 0.158 e. The average Bonchev–Trinajstić information content (AvgIpc) is 3.18. The fraction of sp³-hybridized carbons (Fsp3) is 0.607. The summed E-state index contributed by atoms with van der Waals surface area (Å²) in [7, 11) is 2.26. The minimum atomic E-state index is 0.0414. The lowest BCUT2D eigenvalue weighted by molar-refractivity contribution is -0.126. The van der Waals surface area contributed by atoms with Crippen LogP contribution in [-0.2, 0) is 23.7 Å². The SMILES string of the molecule is CC(C)CCCC1C(=O)C=CC2(C)C1CCC1Cc3c(n(C)c4ccccc34)C12C. The molecule has 0 radical (unpaired) electrons. The topological polar surface area (TPSA) is 22.0 Å². The third-order valence-corrected chi connectivity index (χ3v) is 9.43. The van der Waals surface area contributed by atoms with E-state index >= 15 is 0 Å². The van der Waals surface area contributed by atoms with Crippen molar-refractivity contribution in [1.82, 2.24) is 4.57 Å². The molecule has 1 fully saturated rings. The van der Waals surface area contributed by atoms with E-state index in [-0.39, 0.29) is 16.7 Å². The highest BCUT2D eigenvalue weighted by molar-refractivity contribution is 5.93. The molecule has 2 nitrogen and oxygen atoms in total. The Labute approximate surface area is 181 Å². The number of benzene rings is 1. The number of carbonyl (C=O) groups excluding carboxylic acids is 1. The standard InChI is InChI=1S/C28H37NO/c1-18(2)9-8-11-21-23-14-13-19-17-22-20-10-6-7-12-24(20)29(5)26(22)28(19,4)27(23,3)16-15-25(21)30/h6-7,10,12,15-16,18-19,21,23H,8-9,11,13-14,17H2,1-5H3. The molecule has 1 saturated carbocycles. The molecule has 2 heteroatoms. The normalized spacial score (nSPS) is 35.0. The Kier molecular flexibility index (Phi) is 4.58. The molecule has 0 amide bonds. The fourth-order valence-electron chi connectivity index (χ4n) is 7.72. The molecule has 0 saturated heterocycles. The lowest BCUT2D eigenvalue weighted by Crippen LogP contribution is -2.56. The van der Waals surface area contributed by atoms with Crippen LogP contribution < -0.4 is 0 Å². The van der Waals surface area contributed by atoms with E-state index in [1.807, 2.05) is 6.08 Å². The second-order valence-corrected chi connectivity index (χ2v) is 11.1. The van der Waals surface area contributed by atoms with Crippen molar-refractivity contribution in [1.29, 1.82) is 0 Å². The van der Waals surface area contributed by atoms with E-state index in [1.54, 1.807) is 11.3 Å². The first-order chi connectivity index (χ1) is 14.3. The molecule has 3 aliphatic carbocycles. The van der Waals surface area contributed by atoms with Gasteiger partial charge >= 0.3 is 0 Å². The lowest BCUT2D eigenvalue weighted by atomic mass is 9.45. The van der Waals surface area contributed by atoms with Crippen LogP contribution in [0.3, 0.4) is 0 Å². The van der Waals surface area contributed by atoms with Gasteiger partial charge in [-0.3, -0.25) is 4.79 Å². The van der Waals surface area contributed by atoms with Crippen molar-refractivity contribution < 1.29 is 4.79 Å². The van der Waals surface area contributed by atoms with Crippen LogP contribution in [0, 0.1) is 29.1 Å². The zero-order chi connectivity index (χ0) is 21.3. The van der Waals surface area contributed by atoms with Crippen molar-refractivity contribution in [2.45, 2.75) is 71.6 Å². The Balaban J connectivity index is 1.60. The Bertz CT molecular complexity index is 1030. The van der Waals surface area contributed by atoms with Gasteiger partial charge < -0.3 is 4.57 Å². The minimum absolute atomic E-state index is 0.0414. The van der Waals surface area contributed by atoms with E-state index in [9.17, 15) is 4.79 Å². The molecule has 5 unspecified atom stereocenters. The number of ketones is 1. The van der Waals surface area contributed by atoms with Gasteiger partial charge in [0.15, 0.2) is 5.78 Å². The van der Waals surface area contributed by atoms with Crippen LogP contribution in [-0.4, -0.2) is 10.4 Å². The Morgan fingerprint density at radius 2 is 1.93 bits per heavy atom. The molecule has 0 aliphatic heterocycles. The molecule has 1 aromatic heterocycles. The van der Waals surface area contributed by atoms with E-state index in [4.69, 9.17) is 0 Å². The second kappa shape index (κ2) is 6.84. The van der Waals surface area contributed by atoms with Crippen LogP contribution in [0.1, 0.15) is 71.1 Å². The zero-order valence-electron chi connectivity index (χ0n) is 19.4.